The van der Waals surface area contributed by atoms with Gasteiger partial charge in [-0.2, -0.15) is 0 Å². The fourth-order valence-electron chi connectivity index (χ4n) is 1.69. The van der Waals surface area contributed by atoms with E-state index in [0.717, 1.165) is 3.57 Å². The van der Waals surface area contributed by atoms with E-state index >= 15 is 0 Å². The summed E-state index contributed by atoms with van der Waals surface area (Å²) in [4.78, 5) is 12.0. The Labute approximate surface area is 151 Å². The Morgan fingerprint density at radius 2 is 1.87 bits per heavy atom. The average molecular weight is 445 g/mol. The molecule has 0 aliphatic rings. The molecule has 2 aromatic rings. The van der Waals surface area contributed by atoms with Crippen LogP contribution in [0.3, 0.4) is 0 Å². The summed E-state index contributed by atoms with van der Waals surface area (Å²) in [5.74, 6) is 0.0225. The maximum absolute atomic E-state index is 12.8. The minimum Gasteiger partial charge on any atom is -0.496 e. The van der Waals surface area contributed by atoms with Gasteiger partial charge in [0.15, 0.2) is 5.11 Å². The normalized spacial score (nSPS) is 9.87. The first kappa shape index (κ1) is 17.4. The molecular weight excluding hydrogens is 432 g/mol. The lowest BCUT2D eigenvalue weighted by molar-refractivity contribution is 0.0944. The lowest BCUT2D eigenvalue weighted by Gasteiger charge is -2.12. The first-order valence-corrected chi connectivity index (χ1v) is 7.94. The van der Waals surface area contributed by atoms with Gasteiger partial charge in [-0.3, -0.25) is 15.6 Å². The van der Waals surface area contributed by atoms with Gasteiger partial charge in [0.2, 0.25) is 0 Å². The number of halogens is 2. The van der Waals surface area contributed by atoms with Crippen molar-refractivity contribution in [1.29, 1.82) is 0 Å². The molecule has 2 rings (SSSR count). The van der Waals surface area contributed by atoms with Crippen molar-refractivity contribution in [3.63, 3.8) is 0 Å². The number of rotatable bonds is 3. The van der Waals surface area contributed by atoms with Gasteiger partial charge in [0.25, 0.3) is 5.91 Å². The summed E-state index contributed by atoms with van der Waals surface area (Å²) in [6.45, 7) is 0. The molecule has 1 amide bonds. The van der Waals surface area contributed by atoms with E-state index in [0.29, 0.717) is 17.0 Å². The van der Waals surface area contributed by atoms with E-state index in [1.165, 1.54) is 24.3 Å². The lowest BCUT2D eigenvalue weighted by Crippen LogP contribution is -2.43. The van der Waals surface area contributed by atoms with E-state index in [2.05, 4.69) is 38.8 Å². The number of methoxy groups -OCH3 is 1. The van der Waals surface area contributed by atoms with Crippen LogP contribution in [0, 0.1) is 9.39 Å². The van der Waals surface area contributed by atoms with E-state index in [1.54, 1.807) is 25.3 Å². The van der Waals surface area contributed by atoms with Gasteiger partial charge >= 0.3 is 0 Å². The zero-order valence-electron chi connectivity index (χ0n) is 12.0. The number of hydrogen-bond acceptors (Lipinski definition) is 3. The SMILES string of the molecule is COc1ccc(C(=O)NNC(=S)Nc2ccc(F)cc2)cc1I. The van der Waals surface area contributed by atoms with E-state index in [9.17, 15) is 9.18 Å². The van der Waals surface area contributed by atoms with Crippen molar-refractivity contribution in [2.75, 3.05) is 12.4 Å². The molecule has 0 spiro atoms. The number of amides is 1. The molecule has 0 unspecified atom stereocenters. The standard InChI is InChI=1S/C15H13FIN3O2S/c1-22-13-7-2-9(8-12(13)17)14(21)19-20-15(23)18-11-5-3-10(16)4-6-11/h2-8H,1H3,(H,19,21)(H2,18,20,23). The summed E-state index contributed by atoms with van der Waals surface area (Å²) in [6, 6.07) is 10.8. The van der Waals surface area contributed by atoms with Crippen LogP contribution >= 0.6 is 34.8 Å². The molecule has 0 saturated carbocycles. The highest BCUT2D eigenvalue weighted by Gasteiger charge is 2.09. The summed E-state index contributed by atoms with van der Waals surface area (Å²) >= 11 is 7.14. The second-order valence-electron chi connectivity index (χ2n) is 4.39. The molecule has 0 aliphatic carbocycles. The van der Waals surface area contributed by atoms with Crippen molar-refractivity contribution in [1.82, 2.24) is 10.9 Å². The van der Waals surface area contributed by atoms with Gasteiger partial charge in [0.1, 0.15) is 11.6 Å². The number of benzene rings is 2. The number of hydrogen-bond donors (Lipinski definition) is 3. The van der Waals surface area contributed by atoms with Gasteiger partial charge in [-0.05, 0) is 77.3 Å². The monoisotopic (exact) mass is 445 g/mol. The third-order valence-corrected chi connectivity index (χ3v) is 3.85. The van der Waals surface area contributed by atoms with Crippen molar-refractivity contribution in [3.8, 4) is 5.75 Å². The lowest BCUT2D eigenvalue weighted by atomic mass is 10.2. The highest BCUT2D eigenvalue weighted by Crippen LogP contribution is 2.21. The molecule has 5 nitrogen and oxygen atoms in total. The van der Waals surface area contributed by atoms with Crippen LogP contribution in [-0.2, 0) is 0 Å². The van der Waals surface area contributed by atoms with Crippen molar-refractivity contribution in [3.05, 3.63) is 57.4 Å². The molecule has 0 bridgehead atoms. The van der Waals surface area contributed by atoms with Crippen LogP contribution in [0.1, 0.15) is 10.4 Å². The Bertz CT molecular complexity index is 725. The maximum atomic E-state index is 12.8. The summed E-state index contributed by atoms with van der Waals surface area (Å²) in [5.41, 5.74) is 6.14. The molecule has 0 aromatic heterocycles. The van der Waals surface area contributed by atoms with E-state index < -0.39 is 0 Å². The third kappa shape index (κ3) is 5.03. The van der Waals surface area contributed by atoms with Crippen LogP contribution in [0.15, 0.2) is 42.5 Å². The van der Waals surface area contributed by atoms with Crippen LogP contribution < -0.4 is 20.9 Å². The Kier molecular flexibility index (Phi) is 6.11. The van der Waals surface area contributed by atoms with Crippen LogP contribution in [0.4, 0.5) is 10.1 Å². The van der Waals surface area contributed by atoms with Gasteiger partial charge in [-0.25, -0.2) is 4.39 Å². The summed E-state index contributed by atoms with van der Waals surface area (Å²) in [7, 11) is 1.57. The van der Waals surface area contributed by atoms with Crippen LogP contribution in [-0.4, -0.2) is 18.1 Å². The molecule has 0 radical (unpaired) electrons. The number of carbonyl (C=O) groups is 1. The Hall–Kier alpha value is -1.94. The second-order valence-corrected chi connectivity index (χ2v) is 5.96. The Morgan fingerprint density at radius 3 is 2.48 bits per heavy atom. The number of anilines is 1. The molecule has 0 heterocycles. The van der Waals surface area contributed by atoms with Crippen LogP contribution in [0.25, 0.3) is 0 Å². The Balaban J connectivity index is 1.89. The highest BCUT2D eigenvalue weighted by molar-refractivity contribution is 14.1. The second kappa shape index (κ2) is 8.06. The quantitative estimate of drug-likeness (QED) is 0.385. The predicted octanol–water partition coefficient (Wildman–Crippen LogP) is 3.07. The molecule has 23 heavy (non-hydrogen) atoms. The average Bonchev–Trinajstić information content (AvgIpc) is 2.54. The Morgan fingerprint density at radius 1 is 1.17 bits per heavy atom. The summed E-state index contributed by atoms with van der Waals surface area (Å²) in [6.07, 6.45) is 0. The van der Waals surface area contributed by atoms with Crippen molar-refractivity contribution in [2.24, 2.45) is 0 Å². The fraction of sp³-hybridized carbons (Fsp3) is 0.0667. The third-order valence-electron chi connectivity index (χ3n) is 2.81. The van der Waals surface area contributed by atoms with Crippen molar-refractivity contribution in [2.45, 2.75) is 0 Å². The molecule has 8 heteroatoms. The van der Waals surface area contributed by atoms with Gasteiger partial charge in [-0.15, -0.1) is 0 Å². The summed E-state index contributed by atoms with van der Waals surface area (Å²) < 4.78 is 18.8. The van der Waals surface area contributed by atoms with Gasteiger partial charge < -0.3 is 10.1 Å². The maximum Gasteiger partial charge on any atom is 0.269 e. The topological polar surface area (TPSA) is 62.4 Å². The van der Waals surface area contributed by atoms with Gasteiger partial charge in [-0.1, -0.05) is 0 Å². The van der Waals surface area contributed by atoms with E-state index in [4.69, 9.17) is 17.0 Å². The molecule has 3 N–H and O–H groups in total. The van der Waals surface area contributed by atoms with E-state index in [-0.39, 0.29) is 16.8 Å². The fourth-order valence-corrected chi connectivity index (χ4v) is 2.59. The van der Waals surface area contributed by atoms with Crippen molar-refractivity contribution < 1.29 is 13.9 Å². The van der Waals surface area contributed by atoms with Gasteiger partial charge in [0.05, 0.1) is 10.7 Å². The first-order valence-electron chi connectivity index (χ1n) is 6.46. The molecular formula is C15H13FIN3O2S. The molecule has 0 fully saturated rings. The molecule has 0 atom stereocenters. The predicted molar refractivity (Wildman–Crippen MR) is 98.9 cm³/mol. The van der Waals surface area contributed by atoms with Crippen LogP contribution in [0.5, 0.6) is 5.75 Å². The van der Waals surface area contributed by atoms with Crippen molar-refractivity contribution >= 4 is 51.5 Å². The minimum absolute atomic E-state index is 0.188. The number of ether oxygens (including phenoxy) is 1. The van der Waals surface area contributed by atoms with Gasteiger partial charge in [0, 0.05) is 11.3 Å². The minimum atomic E-state index is -0.339. The molecule has 0 saturated heterocycles. The number of nitrogens with one attached hydrogen (secondary N) is 3. The zero-order valence-corrected chi connectivity index (χ0v) is 15.0. The van der Waals surface area contributed by atoms with Crippen LogP contribution in [0.2, 0.25) is 0 Å². The zero-order chi connectivity index (χ0) is 16.8. The number of carbonyl (C=O) groups excluding carboxylic acids is 1. The number of hydrazine groups is 1. The highest BCUT2D eigenvalue weighted by atomic mass is 127. The van der Waals surface area contributed by atoms with E-state index in [1.807, 2.05) is 0 Å². The summed E-state index contributed by atoms with van der Waals surface area (Å²) in [5, 5.41) is 3.01. The largest absolute Gasteiger partial charge is 0.496 e. The smallest absolute Gasteiger partial charge is 0.269 e. The first-order chi connectivity index (χ1) is 11.0. The molecule has 120 valence electrons. The molecule has 2 aromatic carbocycles. The number of thiocarbonyl (C=S) groups is 1. The molecule has 0 aliphatic heterocycles.